The SMILES string of the molecule is CCc1nn2cccnc2c1C(C)(C)c1ccc(-n2cc(CN3CCC(N)CC3)cn2)cc1. The summed E-state index contributed by atoms with van der Waals surface area (Å²) in [7, 11) is 0. The highest BCUT2D eigenvalue weighted by atomic mass is 15.3. The maximum absolute atomic E-state index is 6.04. The van der Waals surface area contributed by atoms with Crippen LogP contribution in [0.5, 0.6) is 0 Å². The standard InChI is InChI=1S/C26H33N7/c1-4-23-24(25-28-12-5-13-32(25)30-23)26(2,3)20-6-8-22(9-7-20)33-18-19(16-29-33)17-31-14-10-21(27)11-15-31/h5-9,12-13,16,18,21H,4,10-11,14-15,17,27H2,1-3H3. The van der Waals surface area contributed by atoms with Crippen LogP contribution in [0.2, 0.25) is 0 Å². The number of nitrogens with two attached hydrogens (primary N) is 1. The van der Waals surface area contributed by atoms with Gasteiger partial charge in [-0.1, -0.05) is 32.9 Å². The minimum atomic E-state index is -0.218. The zero-order valence-corrected chi connectivity index (χ0v) is 19.8. The van der Waals surface area contributed by atoms with Gasteiger partial charge in [0.2, 0.25) is 0 Å². The van der Waals surface area contributed by atoms with Gasteiger partial charge in [-0.3, -0.25) is 4.90 Å². The van der Waals surface area contributed by atoms with E-state index < -0.39 is 0 Å². The summed E-state index contributed by atoms with van der Waals surface area (Å²) in [6.07, 6.45) is 11.0. The Labute approximate surface area is 195 Å². The Morgan fingerprint density at radius 3 is 2.61 bits per heavy atom. The Morgan fingerprint density at radius 1 is 1.12 bits per heavy atom. The Morgan fingerprint density at radius 2 is 1.88 bits per heavy atom. The second-order valence-electron chi connectivity index (χ2n) is 9.64. The van der Waals surface area contributed by atoms with Gasteiger partial charge in [-0.2, -0.15) is 10.2 Å². The van der Waals surface area contributed by atoms with Crippen molar-refractivity contribution >= 4 is 5.65 Å². The Bertz CT molecular complexity index is 1230. The van der Waals surface area contributed by atoms with Crippen LogP contribution >= 0.6 is 0 Å². The van der Waals surface area contributed by atoms with Crippen LogP contribution < -0.4 is 5.73 Å². The number of fused-ring (bicyclic) bond motifs is 1. The van der Waals surface area contributed by atoms with Gasteiger partial charge >= 0.3 is 0 Å². The van der Waals surface area contributed by atoms with Gasteiger partial charge in [0.1, 0.15) is 0 Å². The number of aryl methyl sites for hydroxylation is 1. The molecule has 0 radical (unpaired) electrons. The molecule has 1 aliphatic rings. The molecule has 1 aromatic carbocycles. The Kier molecular flexibility index (Phi) is 5.76. The van der Waals surface area contributed by atoms with Crippen LogP contribution in [0.4, 0.5) is 0 Å². The van der Waals surface area contributed by atoms with E-state index in [4.69, 9.17) is 10.8 Å². The third kappa shape index (κ3) is 4.18. The van der Waals surface area contributed by atoms with Crippen molar-refractivity contribution in [2.45, 2.75) is 58.0 Å². The molecule has 0 saturated carbocycles. The molecule has 0 amide bonds. The van der Waals surface area contributed by atoms with Crippen LogP contribution in [0.25, 0.3) is 11.3 Å². The van der Waals surface area contributed by atoms with Crippen LogP contribution in [0.3, 0.4) is 0 Å². The summed E-state index contributed by atoms with van der Waals surface area (Å²) < 4.78 is 3.86. The molecular formula is C26H33N7. The molecule has 0 spiro atoms. The van der Waals surface area contributed by atoms with Gasteiger partial charge in [0.25, 0.3) is 0 Å². The van der Waals surface area contributed by atoms with E-state index in [2.05, 4.69) is 66.2 Å². The van der Waals surface area contributed by atoms with Crippen LogP contribution in [0.15, 0.2) is 55.1 Å². The summed E-state index contributed by atoms with van der Waals surface area (Å²) in [6.45, 7) is 9.71. The number of benzene rings is 1. The van der Waals surface area contributed by atoms with Crippen molar-refractivity contribution in [2.24, 2.45) is 5.73 Å². The molecule has 0 atom stereocenters. The van der Waals surface area contributed by atoms with Crippen molar-refractivity contribution in [1.82, 2.24) is 29.3 Å². The molecule has 4 aromatic rings. The molecular weight excluding hydrogens is 410 g/mol. The summed E-state index contributed by atoms with van der Waals surface area (Å²) in [5.41, 5.74) is 12.6. The smallest absolute Gasteiger partial charge is 0.159 e. The van der Waals surface area contributed by atoms with E-state index >= 15 is 0 Å². The molecule has 5 rings (SSSR count). The molecule has 2 N–H and O–H groups in total. The van der Waals surface area contributed by atoms with Crippen LogP contribution in [-0.4, -0.2) is 48.4 Å². The first kappa shape index (κ1) is 21.8. The van der Waals surface area contributed by atoms with E-state index in [0.717, 1.165) is 55.9 Å². The highest BCUT2D eigenvalue weighted by Crippen LogP contribution is 2.36. The van der Waals surface area contributed by atoms with Gasteiger partial charge < -0.3 is 5.73 Å². The van der Waals surface area contributed by atoms with E-state index in [0.29, 0.717) is 6.04 Å². The van der Waals surface area contributed by atoms with Crippen molar-refractivity contribution in [3.8, 4) is 5.69 Å². The quantitative estimate of drug-likeness (QED) is 0.491. The highest BCUT2D eigenvalue weighted by molar-refractivity contribution is 5.58. The zero-order valence-electron chi connectivity index (χ0n) is 19.8. The fourth-order valence-corrected chi connectivity index (χ4v) is 4.95. The van der Waals surface area contributed by atoms with Gasteiger partial charge in [-0.15, -0.1) is 0 Å². The molecule has 33 heavy (non-hydrogen) atoms. The molecule has 1 saturated heterocycles. The summed E-state index contributed by atoms with van der Waals surface area (Å²) in [5.74, 6) is 0. The number of rotatable bonds is 6. The minimum absolute atomic E-state index is 0.218. The fraction of sp³-hybridized carbons (Fsp3) is 0.423. The summed E-state index contributed by atoms with van der Waals surface area (Å²) in [5, 5.41) is 9.39. The third-order valence-corrected chi connectivity index (χ3v) is 6.96. The molecule has 0 aliphatic carbocycles. The molecule has 1 aliphatic heterocycles. The average Bonchev–Trinajstić information content (AvgIpc) is 3.45. The monoisotopic (exact) mass is 443 g/mol. The first-order chi connectivity index (χ1) is 16.0. The molecule has 172 valence electrons. The predicted octanol–water partition coefficient (Wildman–Crippen LogP) is 3.73. The average molecular weight is 444 g/mol. The van der Waals surface area contributed by atoms with Gasteiger partial charge in [-0.05, 0) is 56.1 Å². The first-order valence-corrected chi connectivity index (χ1v) is 11.9. The van der Waals surface area contributed by atoms with Crippen LogP contribution in [0, 0.1) is 0 Å². The first-order valence-electron chi connectivity index (χ1n) is 11.9. The molecule has 7 heteroatoms. The van der Waals surface area contributed by atoms with E-state index in [-0.39, 0.29) is 5.41 Å². The van der Waals surface area contributed by atoms with Crippen molar-refractivity contribution in [2.75, 3.05) is 13.1 Å². The topological polar surface area (TPSA) is 77.3 Å². The zero-order chi connectivity index (χ0) is 23.0. The van der Waals surface area contributed by atoms with E-state index in [1.807, 2.05) is 33.9 Å². The van der Waals surface area contributed by atoms with Gasteiger partial charge in [0.05, 0.1) is 17.6 Å². The van der Waals surface area contributed by atoms with Crippen molar-refractivity contribution in [3.63, 3.8) is 0 Å². The largest absolute Gasteiger partial charge is 0.328 e. The summed E-state index contributed by atoms with van der Waals surface area (Å²) in [4.78, 5) is 7.10. The maximum Gasteiger partial charge on any atom is 0.159 e. The highest BCUT2D eigenvalue weighted by Gasteiger charge is 2.30. The van der Waals surface area contributed by atoms with Crippen LogP contribution in [-0.2, 0) is 18.4 Å². The number of piperidine rings is 1. The number of nitrogens with zero attached hydrogens (tertiary/aromatic N) is 6. The molecule has 7 nitrogen and oxygen atoms in total. The number of likely N-dealkylation sites (tertiary alicyclic amines) is 1. The van der Waals surface area contributed by atoms with E-state index in [9.17, 15) is 0 Å². The molecule has 0 bridgehead atoms. The number of hydrogen-bond donors (Lipinski definition) is 1. The van der Waals surface area contributed by atoms with Gasteiger partial charge in [0.15, 0.2) is 5.65 Å². The molecule has 0 unspecified atom stereocenters. The minimum Gasteiger partial charge on any atom is -0.328 e. The second-order valence-corrected chi connectivity index (χ2v) is 9.64. The van der Waals surface area contributed by atoms with Crippen molar-refractivity contribution < 1.29 is 0 Å². The van der Waals surface area contributed by atoms with E-state index in [1.54, 1.807) is 0 Å². The third-order valence-electron chi connectivity index (χ3n) is 6.96. The normalized spacial score (nSPS) is 16.0. The lowest BCUT2D eigenvalue weighted by Gasteiger charge is -2.29. The Balaban J connectivity index is 1.37. The van der Waals surface area contributed by atoms with Gasteiger partial charge in [-0.25, -0.2) is 14.2 Å². The molecule has 4 heterocycles. The lowest BCUT2D eigenvalue weighted by Crippen LogP contribution is -2.39. The summed E-state index contributed by atoms with van der Waals surface area (Å²) in [6, 6.07) is 11.0. The summed E-state index contributed by atoms with van der Waals surface area (Å²) >= 11 is 0. The maximum atomic E-state index is 6.04. The molecule has 3 aromatic heterocycles. The lowest BCUT2D eigenvalue weighted by molar-refractivity contribution is 0.205. The van der Waals surface area contributed by atoms with Crippen LogP contribution in [0.1, 0.15) is 56.0 Å². The predicted molar refractivity (Wildman–Crippen MR) is 131 cm³/mol. The second kappa shape index (κ2) is 8.72. The fourth-order valence-electron chi connectivity index (χ4n) is 4.95. The Hall–Kier alpha value is -3.03. The number of aromatic nitrogens is 5. The number of hydrogen-bond acceptors (Lipinski definition) is 5. The van der Waals surface area contributed by atoms with Crippen molar-refractivity contribution in [1.29, 1.82) is 0 Å². The van der Waals surface area contributed by atoms with E-state index in [1.165, 1.54) is 16.7 Å². The lowest BCUT2D eigenvalue weighted by atomic mass is 9.77. The molecule has 1 fully saturated rings. The van der Waals surface area contributed by atoms with Gasteiger partial charge in [0, 0.05) is 47.7 Å². The van der Waals surface area contributed by atoms with Crippen molar-refractivity contribution in [3.05, 3.63) is 77.5 Å².